The van der Waals surface area contributed by atoms with E-state index in [2.05, 4.69) is 17.2 Å². The number of hydrogen-bond acceptors (Lipinski definition) is 7. The number of nitrogens with zero attached hydrogens (tertiary/aromatic N) is 2. The van der Waals surface area contributed by atoms with Gasteiger partial charge in [-0.25, -0.2) is 0 Å². The summed E-state index contributed by atoms with van der Waals surface area (Å²) in [5, 5.41) is 15.0. The van der Waals surface area contributed by atoms with Crippen molar-refractivity contribution in [2.45, 2.75) is 82.4 Å². The average molecular weight is 638 g/mol. The van der Waals surface area contributed by atoms with Crippen LogP contribution in [0.3, 0.4) is 0 Å². The lowest BCUT2D eigenvalue weighted by atomic mass is 9.83. The Morgan fingerprint density at radius 3 is 2.38 bits per heavy atom. The number of pyridine rings is 1. The fraction of sp³-hybridized carbons (Fsp3) is 0.378. The molecule has 3 aromatic rings. The molecule has 1 aliphatic heterocycles. The van der Waals surface area contributed by atoms with Gasteiger partial charge in [-0.3, -0.25) is 24.2 Å². The number of aliphatic hydroxyl groups excluding tert-OH is 1. The summed E-state index contributed by atoms with van der Waals surface area (Å²) in [4.78, 5) is 58.4. The molecule has 1 fully saturated rings. The predicted octanol–water partition coefficient (Wildman–Crippen LogP) is 3.54. The maximum atomic E-state index is 14.3. The normalized spacial score (nSPS) is 17.1. The third kappa shape index (κ3) is 8.13. The molecule has 0 saturated heterocycles. The van der Waals surface area contributed by atoms with Crippen LogP contribution in [-0.2, 0) is 33.6 Å². The van der Waals surface area contributed by atoms with Gasteiger partial charge in [0.15, 0.2) is 5.78 Å². The quantitative estimate of drug-likeness (QED) is 0.210. The molecule has 0 bridgehead atoms. The van der Waals surface area contributed by atoms with Crippen molar-refractivity contribution in [3.8, 4) is 0 Å². The largest absolute Gasteiger partial charge is 0.392 e. The lowest BCUT2D eigenvalue weighted by Gasteiger charge is -2.37. The highest BCUT2D eigenvalue weighted by Gasteiger charge is 2.37. The predicted molar refractivity (Wildman–Crippen MR) is 179 cm³/mol. The molecule has 1 aliphatic carbocycles. The molecule has 1 aromatic heterocycles. The second kappa shape index (κ2) is 14.7. The first-order valence-electron chi connectivity index (χ1n) is 16.2. The molecule has 2 aromatic carbocycles. The zero-order valence-corrected chi connectivity index (χ0v) is 26.7. The van der Waals surface area contributed by atoms with E-state index in [-0.39, 0.29) is 42.2 Å². The van der Waals surface area contributed by atoms with E-state index in [0.29, 0.717) is 29.7 Å². The van der Waals surface area contributed by atoms with Gasteiger partial charge in [-0.2, -0.15) is 0 Å². The Balaban J connectivity index is 1.44. The Morgan fingerprint density at radius 2 is 1.68 bits per heavy atom. The third-order valence-corrected chi connectivity index (χ3v) is 9.40. The van der Waals surface area contributed by atoms with Crippen molar-refractivity contribution in [3.05, 3.63) is 107 Å². The van der Waals surface area contributed by atoms with Crippen LogP contribution in [0, 0.1) is 5.92 Å². The number of aromatic nitrogens is 1. The third-order valence-electron chi connectivity index (χ3n) is 9.40. The Labute approximate surface area is 275 Å². The van der Waals surface area contributed by atoms with Gasteiger partial charge in [0.2, 0.25) is 5.91 Å². The van der Waals surface area contributed by atoms with Crippen LogP contribution in [0.2, 0.25) is 0 Å². The molecule has 1 saturated carbocycles. The number of primary amides is 2. The molecule has 0 spiro atoms. The van der Waals surface area contributed by atoms with Gasteiger partial charge in [0.05, 0.1) is 12.5 Å². The van der Waals surface area contributed by atoms with Crippen molar-refractivity contribution in [2.75, 3.05) is 4.90 Å². The molecule has 3 amide bonds. The second-order valence-corrected chi connectivity index (χ2v) is 13.0. The molecule has 0 radical (unpaired) electrons. The molecule has 10 heteroatoms. The second-order valence-electron chi connectivity index (χ2n) is 13.0. The van der Waals surface area contributed by atoms with Gasteiger partial charge in [0, 0.05) is 35.6 Å². The molecule has 3 atom stereocenters. The summed E-state index contributed by atoms with van der Waals surface area (Å²) >= 11 is 0. The number of rotatable bonds is 14. The number of anilines is 1. The van der Waals surface area contributed by atoms with Crippen LogP contribution in [0.5, 0.6) is 0 Å². The maximum Gasteiger partial charge on any atom is 0.265 e. The molecule has 6 N–H and O–H groups in total. The first kappa shape index (κ1) is 33.5. The van der Waals surface area contributed by atoms with Crippen LogP contribution < -0.4 is 21.7 Å². The number of amides is 3. The molecule has 5 rings (SSSR count). The van der Waals surface area contributed by atoms with Crippen LogP contribution in [0.15, 0.2) is 84.8 Å². The minimum absolute atomic E-state index is 0.114. The standard InChI is InChI=1S/C37H43N5O5/c1-37(16-6-7-17-37)41-36(47)28-12-4-2-11-26(28)20-32(43)27(19-24-9-8-18-40-23-24)21-33(44)31(22-34(38)45)42-29-13-5-3-10-25(29)14-15-30(42)35(39)46/h2-5,8-13,15,18,23,27,31-32,43H,6-7,14,16-17,19-22H2,1H3,(H2,38,45)(H2,39,46)(H,41,47). The average Bonchev–Trinajstić information content (AvgIpc) is 3.48. The van der Waals surface area contributed by atoms with Crippen molar-refractivity contribution < 1.29 is 24.3 Å². The summed E-state index contributed by atoms with van der Waals surface area (Å²) in [5.41, 5.74) is 14.7. The number of carbonyl (C=O) groups is 4. The number of Topliss-reactive ketones (excluding diaryl/α,β-unsaturated/α-hetero) is 1. The van der Waals surface area contributed by atoms with Gasteiger partial charge in [0.1, 0.15) is 11.7 Å². The fourth-order valence-corrected chi connectivity index (χ4v) is 6.94. The number of aliphatic hydroxyl groups is 1. The molecule has 47 heavy (non-hydrogen) atoms. The zero-order chi connectivity index (χ0) is 33.6. The molecular formula is C37H43N5O5. The minimum Gasteiger partial charge on any atom is -0.392 e. The van der Waals surface area contributed by atoms with Gasteiger partial charge in [0.25, 0.3) is 11.8 Å². The minimum atomic E-state index is -1.12. The number of para-hydroxylation sites is 1. The first-order chi connectivity index (χ1) is 22.5. The van der Waals surface area contributed by atoms with E-state index in [1.54, 1.807) is 48.8 Å². The SMILES string of the molecule is CC1(NC(=O)c2ccccc2CC(O)C(CC(=O)C(CC(N)=O)N2C(C(N)=O)=CCc3ccccc32)Cc2cccnc2)CCCC1. The van der Waals surface area contributed by atoms with Crippen molar-refractivity contribution in [1.29, 1.82) is 0 Å². The van der Waals surface area contributed by atoms with Crippen LogP contribution in [0.4, 0.5) is 5.69 Å². The summed E-state index contributed by atoms with van der Waals surface area (Å²) in [7, 11) is 0. The Kier molecular flexibility index (Phi) is 10.5. The van der Waals surface area contributed by atoms with Crippen LogP contribution in [0.25, 0.3) is 0 Å². The van der Waals surface area contributed by atoms with Gasteiger partial charge >= 0.3 is 0 Å². The molecule has 246 valence electrons. The number of ketones is 1. The molecule has 2 aliphatic rings. The molecular weight excluding hydrogens is 594 g/mol. The van der Waals surface area contributed by atoms with E-state index in [1.165, 1.54) is 4.90 Å². The van der Waals surface area contributed by atoms with E-state index >= 15 is 0 Å². The van der Waals surface area contributed by atoms with Crippen molar-refractivity contribution in [2.24, 2.45) is 17.4 Å². The lowest BCUT2D eigenvalue weighted by Crippen LogP contribution is -2.48. The number of hydrogen-bond donors (Lipinski definition) is 4. The van der Waals surface area contributed by atoms with Crippen LogP contribution >= 0.6 is 0 Å². The summed E-state index contributed by atoms with van der Waals surface area (Å²) in [5.74, 6) is -2.62. The van der Waals surface area contributed by atoms with Crippen molar-refractivity contribution in [1.82, 2.24) is 10.3 Å². The smallest absolute Gasteiger partial charge is 0.265 e. The summed E-state index contributed by atoms with van der Waals surface area (Å²) in [6.07, 6.45) is 8.30. The highest BCUT2D eigenvalue weighted by Crippen LogP contribution is 2.34. The summed E-state index contributed by atoms with van der Waals surface area (Å²) in [6, 6.07) is 17.1. The zero-order valence-electron chi connectivity index (χ0n) is 26.7. The Hall–Kier alpha value is -4.83. The lowest BCUT2D eigenvalue weighted by molar-refractivity contribution is -0.126. The number of carbonyl (C=O) groups excluding carboxylic acids is 4. The van der Waals surface area contributed by atoms with Crippen LogP contribution in [0.1, 0.15) is 72.5 Å². The highest BCUT2D eigenvalue weighted by atomic mass is 16.3. The van der Waals surface area contributed by atoms with Crippen molar-refractivity contribution in [3.63, 3.8) is 0 Å². The number of nitrogens with one attached hydrogen (secondary N) is 1. The van der Waals surface area contributed by atoms with Gasteiger partial charge in [-0.1, -0.05) is 61.4 Å². The molecule has 10 nitrogen and oxygen atoms in total. The number of nitrogens with two attached hydrogens (primary N) is 2. The highest BCUT2D eigenvalue weighted by molar-refractivity contribution is 6.02. The first-order valence-corrected chi connectivity index (χ1v) is 16.2. The number of fused-ring (bicyclic) bond motifs is 1. The Morgan fingerprint density at radius 1 is 0.957 bits per heavy atom. The molecule has 3 unspecified atom stereocenters. The van der Waals surface area contributed by atoms with Gasteiger partial charge in [-0.15, -0.1) is 0 Å². The molecule has 2 heterocycles. The maximum absolute atomic E-state index is 14.3. The summed E-state index contributed by atoms with van der Waals surface area (Å²) in [6.45, 7) is 2.06. The van der Waals surface area contributed by atoms with E-state index in [9.17, 15) is 24.3 Å². The van der Waals surface area contributed by atoms with Crippen molar-refractivity contribution >= 4 is 29.2 Å². The van der Waals surface area contributed by atoms with Gasteiger partial charge < -0.3 is 26.8 Å². The van der Waals surface area contributed by atoms with E-state index in [0.717, 1.165) is 36.8 Å². The monoisotopic (exact) mass is 637 g/mol. The van der Waals surface area contributed by atoms with E-state index in [1.807, 2.05) is 30.3 Å². The topological polar surface area (TPSA) is 169 Å². The fourth-order valence-electron chi connectivity index (χ4n) is 6.94. The van der Waals surface area contributed by atoms with E-state index in [4.69, 9.17) is 11.5 Å². The van der Waals surface area contributed by atoms with Gasteiger partial charge in [-0.05, 0) is 79.8 Å². The van der Waals surface area contributed by atoms with E-state index < -0.39 is 29.9 Å². The number of allylic oxidation sites excluding steroid dienone is 1. The summed E-state index contributed by atoms with van der Waals surface area (Å²) < 4.78 is 0. The number of benzene rings is 2. The Bertz CT molecular complexity index is 1650. The van der Waals surface area contributed by atoms with Crippen LogP contribution in [-0.4, -0.2) is 51.3 Å².